The first-order valence-corrected chi connectivity index (χ1v) is 15.7. The number of aryl methyl sites for hydroxylation is 2. The van der Waals surface area contributed by atoms with Crippen LogP contribution in [0.15, 0.2) is 71.6 Å². The molecular weight excluding hydrogens is 571 g/mol. The number of methoxy groups -OCH3 is 1. The van der Waals surface area contributed by atoms with E-state index in [9.17, 15) is 22.7 Å². The summed E-state index contributed by atoms with van der Waals surface area (Å²) < 4.78 is 49.8. The molecule has 3 heterocycles. The number of ether oxygens (including phenoxy) is 1. The summed E-state index contributed by atoms with van der Waals surface area (Å²) in [6.45, 7) is 2.39. The van der Waals surface area contributed by atoms with Crippen LogP contribution in [0.1, 0.15) is 35.7 Å². The minimum atomic E-state index is -3.70. The highest BCUT2D eigenvalue weighted by molar-refractivity contribution is 7.89. The van der Waals surface area contributed by atoms with Gasteiger partial charge in [-0.15, -0.1) is 0 Å². The number of hydrogen-bond acceptors (Lipinski definition) is 5. The van der Waals surface area contributed by atoms with E-state index >= 15 is 0 Å². The van der Waals surface area contributed by atoms with Crippen molar-refractivity contribution in [1.82, 2.24) is 13.8 Å². The number of carbonyl (C=O) groups excluding carboxylic acids is 1. The van der Waals surface area contributed by atoms with Crippen molar-refractivity contribution in [2.45, 2.75) is 36.1 Å². The predicted octanol–water partition coefficient (Wildman–Crippen LogP) is 4.94. The number of sulfonamides is 1. The Kier molecular flexibility index (Phi) is 7.44. The number of amides is 2. The Morgan fingerprint density at radius 1 is 1.09 bits per heavy atom. The van der Waals surface area contributed by atoms with Gasteiger partial charge in [-0.2, -0.15) is 4.31 Å². The van der Waals surface area contributed by atoms with Gasteiger partial charge in [-0.1, -0.05) is 12.1 Å². The van der Waals surface area contributed by atoms with E-state index in [0.29, 0.717) is 24.3 Å². The lowest BCUT2D eigenvalue weighted by atomic mass is 9.68. The van der Waals surface area contributed by atoms with Crippen LogP contribution in [0.4, 0.5) is 14.9 Å². The molecule has 2 amide bonds. The summed E-state index contributed by atoms with van der Waals surface area (Å²) in [5.41, 5.74) is 3.47. The van der Waals surface area contributed by atoms with Crippen LogP contribution in [0.2, 0.25) is 0 Å². The summed E-state index contributed by atoms with van der Waals surface area (Å²) in [6, 6.07) is 17.2. The van der Waals surface area contributed by atoms with Crippen LogP contribution in [0.5, 0.6) is 5.75 Å². The van der Waals surface area contributed by atoms with Gasteiger partial charge >= 0.3 is 6.03 Å². The molecule has 1 fully saturated rings. The normalized spacial score (nSPS) is 18.5. The van der Waals surface area contributed by atoms with Crippen LogP contribution in [-0.4, -0.2) is 66.7 Å². The van der Waals surface area contributed by atoms with Gasteiger partial charge in [-0.05, 0) is 79.4 Å². The molecule has 43 heavy (non-hydrogen) atoms. The number of carbonyl (C=O) groups is 1. The Hall–Kier alpha value is -3.93. The fourth-order valence-electron chi connectivity index (χ4n) is 6.79. The number of nitrogens with one attached hydrogen (secondary N) is 1. The largest absolute Gasteiger partial charge is 0.497 e. The molecule has 2 aliphatic rings. The molecule has 2 N–H and O–H groups in total. The highest BCUT2D eigenvalue weighted by Crippen LogP contribution is 2.50. The first-order chi connectivity index (χ1) is 20.6. The summed E-state index contributed by atoms with van der Waals surface area (Å²) in [6.07, 6.45) is 0.962. The highest BCUT2D eigenvalue weighted by Gasteiger charge is 2.50. The van der Waals surface area contributed by atoms with Gasteiger partial charge in [-0.25, -0.2) is 17.6 Å². The SMILES string of the molecule is COc1ccc2c3c(n(C)c2c1)[C@@H](CO)N(C(=O)Nc1ccc(F)cc1)CC31CCN(S(=O)(=O)c2cccc(C)c2)CC1. The fourth-order valence-corrected chi connectivity index (χ4v) is 8.33. The summed E-state index contributed by atoms with van der Waals surface area (Å²) in [7, 11) is -0.187. The molecule has 0 unspecified atom stereocenters. The van der Waals surface area contributed by atoms with Crippen molar-refractivity contribution in [3.05, 3.63) is 89.4 Å². The van der Waals surface area contributed by atoms with Crippen LogP contribution in [0.3, 0.4) is 0 Å². The molecule has 1 saturated heterocycles. The molecule has 226 valence electrons. The van der Waals surface area contributed by atoms with Crippen LogP contribution >= 0.6 is 0 Å². The van der Waals surface area contributed by atoms with E-state index in [1.54, 1.807) is 30.2 Å². The van der Waals surface area contributed by atoms with E-state index in [2.05, 4.69) is 5.32 Å². The second-order valence-electron chi connectivity index (χ2n) is 11.5. The Balaban J connectivity index is 1.42. The van der Waals surface area contributed by atoms with Crippen molar-refractivity contribution in [3.8, 4) is 5.75 Å². The van der Waals surface area contributed by atoms with Gasteiger partial charge in [-0.3, -0.25) is 0 Å². The Bertz CT molecular complexity index is 1800. The third-order valence-electron chi connectivity index (χ3n) is 8.98. The lowest BCUT2D eigenvalue weighted by molar-refractivity contribution is 0.0841. The Morgan fingerprint density at radius 3 is 2.47 bits per heavy atom. The number of urea groups is 1. The lowest BCUT2D eigenvalue weighted by Gasteiger charge is -2.50. The second-order valence-corrected chi connectivity index (χ2v) is 13.4. The van der Waals surface area contributed by atoms with Gasteiger partial charge < -0.3 is 24.6 Å². The van der Waals surface area contributed by atoms with Gasteiger partial charge in [0.05, 0.1) is 30.2 Å². The molecule has 2 aliphatic heterocycles. The van der Waals surface area contributed by atoms with Crippen molar-refractivity contribution in [2.75, 3.05) is 38.7 Å². The van der Waals surface area contributed by atoms with Crippen LogP contribution in [0, 0.1) is 12.7 Å². The molecular formula is C32H35FN4O5S. The number of aromatic nitrogens is 1. The molecule has 11 heteroatoms. The molecule has 0 aliphatic carbocycles. The number of rotatable bonds is 5. The number of aliphatic hydroxyl groups is 1. The molecule has 1 atom stereocenters. The molecule has 6 rings (SSSR count). The van der Waals surface area contributed by atoms with Crippen LogP contribution < -0.4 is 10.1 Å². The van der Waals surface area contributed by atoms with Gasteiger partial charge in [0.15, 0.2) is 0 Å². The van der Waals surface area contributed by atoms with Crippen LogP contribution in [-0.2, 0) is 22.5 Å². The first kappa shape index (κ1) is 29.2. The van der Waals surface area contributed by atoms with E-state index in [1.165, 1.54) is 28.6 Å². The van der Waals surface area contributed by atoms with Gasteiger partial charge in [0.1, 0.15) is 11.6 Å². The average Bonchev–Trinajstić information content (AvgIpc) is 3.31. The fraction of sp³-hybridized carbons (Fsp3) is 0.344. The Morgan fingerprint density at radius 2 is 1.81 bits per heavy atom. The summed E-state index contributed by atoms with van der Waals surface area (Å²) >= 11 is 0. The molecule has 3 aromatic carbocycles. The minimum absolute atomic E-state index is 0.269. The van der Waals surface area contributed by atoms with Crippen molar-refractivity contribution >= 4 is 32.6 Å². The Labute approximate surface area is 250 Å². The maximum absolute atomic E-state index is 13.8. The summed E-state index contributed by atoms with van der Waals surface area (Å²) in [4.78, 5) is 15.7. The lowest BCUT2D eigenvalue weighted by Crippen LogP contribution is -2.56. The van der Waals surface area contributed by atoms with E-state index in [1.807, 2.05) is 42.8 Å². The predicted molar refractivity (Wildman–Crippen MR) is 162 cm³/mol. The standard InChI is InChI=1S/C32H35FN4O5S/c1-21-5-4-6-25(17-21)43(40,41)36-15-13-32(14-16-36)20-37(31(39)34-23-9-7-22(33)8-10-23)28(19-38)30-29(32)26-12-11-24(42-3)18-27(26)35(30)2/h4-12,17-18,28,38H,13-16,19-20H2,1-3H3,(H,34,39)/t28-/m1/s1. The molecule has 4 aromatic rings. The number of anilines is 1. The van der Waals surface area contributed by atoms with E-state index in [0.717, 1.165) is 27.7 Å². The van der Waals surface area contributed by atoms with E-state index in [-0.39, 0.29) is 31.1 Å². The molecule has 0 bridgehead atoms. The van der Waals surface area contributed by atoms with Gasteiger partial charge in [0.25, 0.3) is 0 Å². The summed E-state index contributed by atoms with van der Waals surface area (Å²) in [5.74, 6) is 0.274. The first-order valence-electron chi connectivity index (χ1n) is 14.3. The maximum Gasteiger partial charge on any atom is 0.322 e. The number of benzene rings is 3. The smallest absolute Gasteiger partial charge is 0.322 e. The number of fused-ring (bicyclic) bond motifs is 4. The van der Waals surface area contributed by atoms with Crippen molar-refractivity contribution < 1.29 is 27.4 Å². The van der Waals surface area contributed by atoms with Gasteiger partial charge in [0.2, 0.25) is 10.0 Å². The van der Waals surface area contributed by atoms with Crippen LogP contribution in [0.25, 0.3) is 10.9 Å². The zero-order valence-corrected chi connectivity index (χ0v) is 25.2. The molecule has 1 aromatic heterocycles. The molecule has 1 spiro atoms. The third-order valence-corrected chi connectivity index (χ3v) is 10.9. The number of nitrogens with zero attached hydrogens (tertiary/aromatic N) is 3. The van der Waals surface area contributed by atoms with E-state index in [4.69, 9.17) is 4.74 Å². The topological polar surface area (TPSA) is 104 Å². The average molecular weight is 607 g/mol. The van der Waals surface area contributed by atoms with Crippen molar-refractivity contribution in [2.24, 2.45) is 7.05 Å². The highest BCUT2D eigenvalue weighted by atomic mass is 32.2. The third kappa shape index (κ3) is 4.95. The monoisotopic (exact) mass is 606 g/mol. The molecule has 9 nitrogen and oxygen atoms in total. The molecule has 0 saturated carbocycles. The number of hydrogen-bond donors (Lipinski definition) is 2. The minimum Gasteiger partial charge on any atom is -0.497 e. The van der Waals surface area contributed by atoms with E-state index < -0.39 is 33.3 Å². The zero-order chi connectivity index (χ0) is 30.5. The van der Waals surface area contributed by atoms with Crippen molar-refractivity contribution in [1.29, 1.82) is 0 Å². The maximum atomic E-state index is 13.8. The van der Waals surface area contributed by atoms with Gasteiger partial charge in [0, 0.05) is 54.9 Å². The summed E-state index contributed by atoms with van der Waals surface area (Å²) in [5, 5.41) is 14.5. The quantitative estimate of drug-likeness (QED) is 0.335. The zero-order valence-electron chi connectivity index (χ0n) is 24.4. The second kappa shape index (κ2) is 11.0. The number of aliphatic hydroxyl groups excluding tert-OH is 1. The molecule has 0 radical (unpaired) electrons. The number of piperidine rings is 1. The van der Waals surface area contributed by atoms with Crippen molar-refractivity contribution in [3.63, 3.8) is 0 Å². The number of halogens is 1.